The minimum absolute atomic E-state index is 0.0812. The summed E-state index contributed by atoms with van der Waals surface area (Å²) in [6, 6.07) is 0. The van der Waals surface area contributed by atoms with Gasteiger partial charge in [-0.15, -0.1) is 0 Å². The Bertz CT molecular complexity index is 149. The van der Waals surface area contributed by atoms with Gasteiger partial charge in [0.05, 0.1) is 6.10 Å². The molecule has 0 amide bonds. The summed E-state index contributed by atoms with van der Waals surface area (Å²) in [5, 5.41) is 0. The molecule has 0 bridgehead atoms. The zero-order valence-corrected chi connectivity index (χ0v) is 5.63. The van der Waals surface area contributed by atoms with Crippen molar-refractivity contribution in [3.05, 3.63) is 12.2 Å². The Kier molecular flexibility index (Phi) is 1.67. The van der Waals surface area contributed by atoms with Crippen molar-refractivity contribution in [3.63, 3.8) is 0 Å². The number of carbonyl (C=O) groups is 1. The lowest BCUT2D eigenvalue weighted by molar-refractivity contribution is -0.112. The molecule has 9 heavy (non-hydrogen) atoms. The van der Waals surface area contributed by atoms with Gasteiger partial charge in [-0.3, -0.25) is 4.79 Å². The van der Waals surface area contributed by atoms with Crippen molar-refractivity contribution >= 4 is 5.78 Å². The molecule has 0 aromatic heterocycles. The Hall–Kier alpha value is -0.630. The van der Waals surface area contributed by atoms with Crippen LogP contribution in [0, 0.1) is 0 Å². The van der Waals surface area contributed by atoms with E-state index in [0.717, 1.165) is 0 Å². The SMILES string of the molecule is CC(=O)/C=C/C1OC1C. The van der Waals surface area contributed by atoms with Crippen LogP contribution in [0.1, 0.15) is 13.8 Å². The van der Waals surface area contributed by atoms with Gasteiger partial charge in [0.1, 0.15) is 6.10 Å². The maximum Gasteiger partial charge on any atom is 0.152 e. The topological polar surface area (TPSA) is 29.6 Å². The number of ether oxygens (including phenoxy) is 1. The van der Waals surface area contributed by atoms with E-state index in [4.69, 9.17) is 4.74 Å². The summed E-state index contributed by atoms with van der Waals surface area (Å²) in [6.07, 6.45) is 3.87. The van der Waals surface area contributed by atoms with Crippen LogP contribution in [0.25, 0.3) is 0 Å². The van der Waals surface area contributed by atoms with Crippen LogP contribution >= 0.6 is 0 Å². The van der Waals surface area contributed by atoms with E-state index in [2.05, 4.69) is 0 Å². The zero-order chi connectivity index (χ0) is 6.85. The molecule has 2 atom stereocenters. The second kappa shape index (κ2) is 2.31. The number of epoxide rings is 1. The fourth-order valence-corrected chi connectivity index (χ4v) is 0.635. The highest BCUT2D eigenvalue weighted by Crippen LogP contribution is 2.21. The molecular formula is C7H10O2. The van der Waals surface area contributed by atoms with E-state index in [1.54, 1.807) is 12.2 Å². The fraction of sp³-hybridized carbons (Fsp3) is 0.571. The van der Waals surface area contributed by atoms with E-state index in [-0.39, 0.29) is 11.9 Å². The van der Waals surface area contributed by atoms with Gasteiger partial charge in [0.25, 0.3) is 0 Å². The lowest BCUT2D eigenvalue weighted by Gasteiger charge is -1.75. The molecule has 0 aliphatic carbocycles. The monoisotopic (exact) mass is 126 g/mol. The van der Waals surface area contributed by atoms with Gasteiger partial charge in [-0.1, -0.05) is 0 Å². The van der Waals surface area contributed by atoms with Crippen LogP contribution < -0.4 is 0 Å². The smallest absolute Gasteiger partial charge is 0.152 e. The van der Waals surface area contributed by atoms with E-state index >= 15 is 0 Å². The van der Waals surface area contributed by atoms with Gasteiger partial charge in [0.15, 0.2) is 5.78 Å². The Morgan fingerprint density at radius 3 is 2.56 bits per heavy atom. The second-order valence-electron chi connectivity index (χ2n) is 2.28. The molecule has 2 unspecified atom stereocenters. The molecule has 1 aliphatic heterocycles. The standard InChI is InChI=1S/C7H10O2/c1-5(8)3-4-7-6(2)9-7/h3-4,6-7H,1-2H3/b4-3+. The van der Waals surface area contributed by atoms with Gasteiger partial charge in [-0.25, -0.2) is 0 Å². The predicted molar refractivity (Wildman–Crippen MR) is 34.2 cm³/mol. The molecule has 0 aromatic rings. The van der Waals surface area contributed by atoms with Crippen molar-refractivity contribution in [1.82, 2.24) is 0 Å². The van der Waals surface area contributed by atoms with Crippen LogP contribution in [0.2, 0.25) is 0 Å². The van der Waals surface area contributed by atoms with Gasteiger partial charge in [-0.05, 0) is 26.0 Å². The molecule has 1 rings (SSSR count). The van der Waals surface area contributed by atoms with E-state index in [9.17, 15) is 4.79 Å². The number of ketones is 1. The molecule has 0 saturated carbocycles. The van der Waals surface area contributed by atoms with Crippen LogP contribution in [-0.2, 0) is 9.53 Å². The summed E-state index contributed by atoms with van der Waals surface area (Å²) in [4.78, 5) is 10.3. The number of hydrogen-bond acceptors (Lipinski definition) is 2. The Balaban J connectivity index is 2.25. The van der Waals surface area contributed by atoms with Crippen molar-refractivity contribution in [2.24, 2.45) is 0 Å². The Morgan fingerprint density at radius 1 is 1.67 bits per heavy atom. The first-order valence-electron chi connectivity index (χ1n) is 3.04. The van der Waals surface area contributed by atoms with Crippen molar-refractivity contribution in [2.75, 3.05) is 0 Å². The van der Waals surface area contributed by atoms with E-state index in [1.165, 1.54) is 6.92 Å². The fourth-order valence-electron chi connectivity index (χ4n) is 0.635. The van der Waals surface area contributed by atoms with Gasteiger partial charge >= 0.3 is 0 Å². The second-order valence-corrected chi connectivity index (χ2v) is 2.28. The first kappa shape index (κ1) is 6.49. The summed E-state index contributed by atoms with van der Waals surface area (Å²) < 4.78 is 5.03. The molecule has 1 aliphatic rings. The zero-order valence-electron chi connectivity index (χ0n) is 5.63. The summed E-state index contributed by atoms with van der Waals surface area (Å²) in [5.74, 6) is 0.0812. The summed E-state index contributed by atoms with van der Waals surface area (Å²) in [6.45, 7) is 3.51. The highest BCUT2D eigenvalue weighted by Gasteiger charge is 2.30. The summed E-state index contributed by atoms with van der Waals surface area (Å²) >= 11 is 0. The van der Waals surface area contributed by atoms with Crippen molar-refractivity contribution in [2.45, 2.75) is 26.1 Å². The van der Waals surface area contributed by atoms with Gasteiger partial charge < -0.3 is 4.74 Å². The summed E-state index contributed by atoms with van der Waals surface area (Å²) in [7, 11) is 0. The third kappa shape index (κ3) is 1.98. The Morgan fingerprint density at radius 2 is 2.22 bits per heavy atom. The molecular weight excluding hydrogens is 116 g/mol. The highest BCUT2D eigenvalue weighted by molar-refractivity contribution is 5.87. The average Bonchev–Trinajstić information content (AvgIpc) is 2.42. The largest absolute Gasteiger partial charge is 0.365 e. The van der Waals surface area contributed by atoms with Gasteiger partial charge in [-0.2, -0.15) is 0 Å². The molecule has 1 heterocycles. The minimum Gasteiger partial charge on any atom is -0.365 e. The third-order valence-electron chi connectivity index (χ3n) is 1.28. The van der Waals surface area contributed by atoms with Crippen molar-refractivity contribution < 1.29 is 9.53 Å². The number of rotatable bonds is 2. The molecule has 2 nitrogen and oxygen atoms in total. The molecule has 0 radical (unpaired) electrons. The van der Waals surface area contributed by atoms with Crippen molar-refractivity contribution in [1.29, 1.82) is 0 Å². The van der Waals surface area contributed by atoms with Crippen molar-refractivity contribution in [3.8, 4) is 0 Å². The molecule has 1 fully saturated rings. The molecule has 0 aromatic carbocycles. The van der Waals surface area contributed by atoms with Gasteiger partial charge in [0, 0.05) is 0 Å². The minimum atomic E-state index is 0.0812. The maximum absolute atomic E-state index is 10.3. The number of hydrogen-bond donors (Lipinski definition) is 0. The average molecular weight is 126 g/mol. The van der Waals surface area contributed by atoms with Crippen LogP contribution in [0.5, 0.6) is 0 Å². The first-order chi connectivity index (χ1) is 4.20. The highest BCUT2D eigenvalue weighted by atomic mass is 16.6. The maximum atomic E-state index is 10.3. The molecule has 0 spiro atoms. The molecule has 1 saturated heterocycles. The lowest BCUT2D eigenvalue weighted by atomic mass is 10.3. The van der Waals surface area contributed by atoms with Gasteiger partial charge in [0.2, 0.25) is 0 Å². The summed E-state index contributed by atoms with van der Waals surface area (Å²) in [5.41, 5.74) is 0. The van der Waals surface area contributed by atoms with E-state index in [1.807, 2.05) is 6.92 Å². The quantitative estimate of drug-likeness (QED) is 0.406. The van der Waals surface area contributed by atoms with E-state index < -0.39 is 0 Å². The lowest BCUT2D eigenvalue weighted by Crippen LogP contribution is -1.85. The van der Waals surface area contributed by atoms with Crippen LogP contribution in [0.3, 0.4) is 0 Å². The van der Waals surface area contributed by atoms with E-state index in [0.29, 0.717) is 6.10 Å². The predicted octanol–water partition coefficient (Wildman–Crippen LogP) is 0.919. The number of allylic oxidation sites excluding steroid dienone is 1. The Labute approximate surface area is 54.5 Å². The third-order valence-corrected chi connectivity index (χ3v) is 1.28. The first-order valence-corrected chi connectivity index (χ1v) is 3.04. The molecule has 0 N–H and O–H groups in total. The van der Waals surface area contributed by atoms with Crippen LogP contribution in [-0.4, -0.2) is 18.0 Å². The van der Waals surface area contributed by atoms with Crippen LogP contribution in [0.15, 0.2) is 12.2 Å². The number of carbonyl (C=O) groups excluding carboxylic acids is 1. The molecule has 50 valence electrons. The normalized spacial score (nSPS) is 33.1. The molecule has 2 heteroatoms. The van der Waals surface area contributed by atoms with Crippen LogP contribution in [0.4, 0.5) is 0 Å².